The summed E-state index contributed by atoms with van der Waals surface area (Å²) in [6.07, 6.45) is 1.98. The summed E-state index contributed by atoms with van der Waals surface area (Å²) in [7, 11) is 0. The number of halogens is 2. The number of rotatable bonds is 0. The molecule has 1 heterocycles. The minimum atomic E-state index is 1.11. The Hall–Kier alpha value is -0.280. The highest BCUT2D eigenvalue weighted by Crippen LogP contribution is 2.21. The minimum Gasteiger partial charge on any atom is -0.284 e. The van der Waals surface area contributed by atoms with Gasteiger partial charge in [0.15, 0.2) is 0 Å². The van der Waals surface area contributed by atoms with E-state index < -0.39 is 0 Å². The molecule has 1 aromatic heterocycles. The van der Waals surface area contributed by atoms with Crippen molar-refractivity contribution in [3.8, 4) is 0 Å². The van der Waals surface area contributed by atoms with Crippen LogP contribution in [-0.2, 0) is 0 Å². The molecule has 0 saturated carbocycles. The second-order valence-electron chi connectivity index (χ2n) is 2.33. The molecule has 56 valence electrons. The van der Waals surface area contributed by atoms with E-state index in [0.29, 0.717) is 0 Å². The van der Waals surface area contributed by atoms with Gasteiger partial charge in [-0.05, 0) is 24.3 Å². The average Bonchev–Trinajstić information content (AvgIpc) is 2.32. The summed E-state index contributed by atoms with van der Waals surface area (Å²) < 4.78 is 3.04. The Labute approximate surface area is 81.5 Å². The molecule has 11 heavy (non-hydrogen) atoms. The van der Waals surface area contributed by atoms with Crippen LogP contribution in [0.15, 0.2) is 34.9 Å². The van der Waals surface area contributed by atoms with Crippen LogP contribution in [-0.4, -0.2) is 3.59 Å². The van der Waals surface area contributed by atoms with Crippen molar-refractivity contribution in [3.05, 3.63) is 34.9 Å². The Kier molecular flexibility index (Phi) is 1.77. The summed E-state index contributed by atoms with van der Waals surface area (Å²) >= 11 is 6.81. The van der Waals surface area contributed by atoms with Crippen LogP contribution >= 0.6 is 32.1 Å². The molecule has 3 heteroatoms. The van der Waals surface area contributed by atoms with Gasteiger partial charge in [0.2, 0.25) is 0 Å². The summed E-state index contributed by atoms with van der Waals surface area (Å²) in [5.74, 6) is 0. The molecule has 0 aliphatic heterocycles. The van der Waals surface area contributed by atoms with E-state index in [0.717, 1.165) is 4.47 Å². The number of hydrogen-bond donors (Lipinski definition) is 0. The Morgan fingerprint density at radius 1 is 1.18 bits per heavy atom. The molecule has 0 spiro atoms. The van der Waals surface area contributed by atoms with Crippen LogP contribution in [0.1, 0.15) is 0 Å². The van der Waals surface area contributed by atoms with Crippen LogP contribution in [0.4, 0.5) is 0 Å². The molecule has 0 radical (unpaired) electrons. The lowest BCUT2D eigenvalue weighted by Crippen LogP contribution is -1.73. The van der Waals surface area contributed by atoms with Gasteiger partial charge in [-0.15, -0.1) is 0 Å². The lowest BCUT2D eigenvalue weighted by Gasteiger charge is -1.93. The fourth-order valence-electron chi connectivity index (χ4n) is 1.08. The predicted molar refractivity (Wildman–Crippen MR) is 54.0 cm³/mol. The first-order chi connectivity index (χ1) is 5.27. The van der Waals surface area contributed by atoms with Gasteiger partial charge in [-0.2, -0.15) is 0 Å². The van der Waals surface area contributed by atoms with Gasteiger partial charge in [-0.3, -0.25) is 3.59 Å². The minimum absolute atomic E-state index is 1.11. The fourth-order valence-corrected chi connectivity index (χ4v) is 1.90. The van der Waals surface area contributed by atoms with E-state index in [9.17, 15) is 0 Å². The molecule has 0 N–H and O–H groups in total. The summed E-state index contributed by atoms with van der Waals surface area (Å²) in [4.78, 5) is 0. The van der Waals surface area contributed by atoms with Crippen molar-refractivity contribution in [2.45, 2.75) is 0 Å². The smallest absolute Gasteiger partial charge is 0.0592 e. The van der Waals surface area contributed by atoms with Gasteiger partial charge in [0, 0.05) is 16.1 Å². The molecular weight excluding hydrogens is 270 g/mol. The maximum absolute atomic E-state index is 3.42. The second-order valence-corrected chi connectivity index (χ2v) is 4.01. The summed E-state index contributed by atoms with van der Waals surface area (Å²) in [5, 5.41) is 1.23. The third-order valence-electron chi connectivity index (χ3n) is 1.60. The first-order valence-electron chi connectivity index (χ1n) is 3.20. The van der Waals surface area contributed by atoms with E-state index >= 15 is 0 Å². The van der Waals surface area contributed by atoms with Crippen LogP contribution in [0.2, 0.25) is 0 Å². The molecule has 2 aromatic rings. The quantitative estimate of drug-likeness (QED) is 0.692. The Morgan fingerprint density at radius 2 is 2.00 bits per heavy atom. The number of fused-ring (bicyclic) bond motifs is 1. The van der Waals surface area contributed by atoms with E-state index in [1.807, 2.05) is 15.9 Å². The summed E-state index contributed by atoms with van der Waals surface area (Å²) in [6.45, 7) is 0. The van der Waals surface area contributed by atoms with E-state index in [1.165, 1.54) is 10.9 Å². The van der Waals surface area contributed by atoms with Crippen molar-refractivity contribution in [2.24, 2.45) is 0 Å². The molecule has 0 atom stereocenters. The SMILES string of the molecule is Brc1ccc2c(ccn2Br)c1. The van der Waals surface area contributed by atoms with Gasteiger partial charge >= 0.3 is 0 Å². The molecule has 0 bridgehead atoms. The van der Waals surface area contributed by atoms with Gasteiger partial charge in [0.25, 0.3) is 0 Å². The van der Waals surface area contributed by atoms with Crippen molar-refractivity contribution in [3.63, 3.8) is 0 Å². The number of aromatic nitrogens is 1. The Balaban J connectivity index is 2.86. The van der Waals surface area contributed by atoms with E-state index in [4.69, 9.17) is 0 Å². The lowest BCUT2D eigenvalue weighted by molar-refractivity contribution is 1.39. The van der Waals surface area contributed by atoms with E-state index in [-0.39, 0.29) is 0 Å². The topological polar surface area (TPSA) is 4.93 Å². The Morgan fingerprint density at radius 3 is 2.82 bits per heavy atom. The molecule has 0 unspecified atom stereocenters. The zero-order valence-electron chi connectivity index (χ0n) is 5.59. The Bertz CT molecular complexity index is 392. The molecule has 0 saturated heterocycles. The third kappa shape index (κ3) is 1.23. The van der Waals surface area contributed by atoms with E-state index in [2.05, 4.69) is 50.3 Å². The predicted octanol–water partition coefficient (Wildman–Crippen LogP) is 3.56. The van der Waals surface area contributed by atoms with Crippen molar-refractivity contribution in [1.29, 1.82) is 0 Å². The van der Waals surface area contributed by atoms with E-state index in [1.54, 1.807) is 0 Å². The van der Waals surface area contributed by atoms with Crippen LogP contribution < -0.4 is 0 Å². The molecular formula is C8H5Br2N. The molecule has 0 aliphatic rings. The maximum atomic E-state index is 3.42. The molecule has 0 fully saturated rings. The molecule has 0 amide bonds. The number of nitrogens with zero attached hydrogens (tertiary/aromatic N) is 1. The van der Waals surface area contributed by atoms with Gasteiger partial charge in [-0.1, -0.05) is 15.9 Å². The monoisotopic (exact) mass is 273 g/mol. The van der Waals surface area contributed by atoms with Crippen molar-refractivity contribution in [1.82, 2.24) is 3.59 Å². The van der Waals surface area contributed by atoms with Gasteiger partial charge in [0.1, 0.15) is 0 Å². The zero-order chi connectivity index (χ0) is 7.84. The lowest BCUT2D eigenvalue weighted by atomic mass is 10.3. The number of benzene rings is 1. The van der Waals surface area contributed by atoms with Crippen LogP contribution in [0.5, 0.6) is 0 Å². The average molecular weight is 275 g/mol. The molecule has 2 rings (SSSR count). The van der Waals surface area contributed by atoms with Crippen molar-refractivity contribution in [2.75, 3.05) is 0 Å². The molecule has 0 aliphatic carbocycles. The largest absolute Gasteiger partial charge is 0.284 e. The van der Waals surface area contributed by atoms with Gasteiger partial charge < -0.3 is 0 Å². The third-order valence-corrected chi connectivity index (χ3v) is 2.72. The highest BCUT2D eigenvalue weighted by molar-refractivity contribution is 9.10. The molecule has 1 aromatic carbocycles. The van der Waals surface area contributed by atoms with Crippen molar-refractivity contribution >= 4 is 43.0 Å². The number of hydrogen-bond acceptors (Lipinski definition) is 0. The van der Waals surface area contributed by atoms with Crippen LogP contribution in [0, 0.1) is 0 Å². The van der Waals surface area contributed by atoms with Gasteiger partial charge in [-0.25, -0.2) is 0 Å². The van der Waals surface area contributed by atoms with Gasteiger partial charge in [0.05, 0.1) is 21.7 Å². The highest BCUT2D eigenvalue weighted by Gasteiger charge is 1.97. The normalized spacial score (nSPS) is 10.7. The van der Waals surface area contributed by atoms with Crippen LogP contribution in [0.25, 0.3) is 10.9 Å². The molecule has 1 nitrogen and oxygen atoms in total. The summed E-state index contributed by atoms with van der Waals surface area (Å²) in [5.41, 5.74) is 1.19. The van der Waals surface area contributed by atoms with Crippen molar-refractivity contribution < 1.29 is 0 Å². The standard InChI is InChI=1S/C8H5Br2N/c9-7-1-2-8-6(5-7)3-4-11(8)10/h1-5H. The summed E-state index contributed by atoms with van der Waals surface area (Å²) in [6, 6.07) is 8.25. The fraction of sp³-hybridized carbons (Fsp3) is 0. The first-order valence-corrected chi connectivity index (χ1v) is 4.70. The second kappa shape index (κ2) is 2.64. The first kappa shape index (κ1) is 7.37. The maximum Gasteiger partial charge on any atom is 0.0592 e. The zero-order valence-corrected chi connectivity index (χ0v) is 8.76. The highest BCUT2D eigenvalue weighted by atomic mass is 79.9. The van der Waals surface area contributed by atoms with Crippen LogP contribution in [0.3, 0.4) is 0 Å².